The number of hydrogen-bond donors (Lipinski definition) is 2. The lowest BCUT2D eigenvalue weighted by molar-refractivity contribution is -0.137. The van der Waals surface area contributed by atoms with Crippen molar-refractivity contribution in [1.29, 1.82) is 0 Å². The Morgan fingerprint density at radius 3 is 2.68 bits per heavy atom. The van der Waals surface area contributed by atoms with Gasteiger partial charge < -0.3 is 20.5 Å². The molecule has 0 bridgehead atoms. The number of fused-ring (bicyclic) bond motifs is 1. The molecule has 2 amide bonds. The molecule has 0 saturated carbocycles. The number of hydrogen-bond acceptors (Lipinski definition) is 5. The van der Waals surface area contributed by atoms with Crippen molar-refractivity contribution in [2.75, 3.05) is 32.8 Å². The third-order valence-corrected chi connectivity index (χ3v) is 4.92. The van der Waals surface area contributed by atoms with Crippen molar-refractivity contribution in [1.82, 2.24) is 9.80 Å². The van der Waals surface area contributed by atoms with Crippen LogP contribution in [0.5, 0.6) is 5.75 Å². The van der Waals surface area contributed by atoms with Crippen LogP contribution in [0.1, 0.15) is 24.0 Å². The van der Waals surface area contributed by atoms with Gasteiger partial charge in [-0.05, 0) is 43.6 Å². The fourth-order valence-electron chi connectivity index (χ4n) is 3.55. The van der Waals surface area contributed by atoms with E-state index in [0.717, 1.165) is 42.8 Å². The molecule has 3 N–H and O–H groups in total. The molecular formula is C18H25N3O4. The van der Waals surface area contributed by atoms with Crippen LogP contribution < -0.4 is 10.5 Å². The quantitative estimate of drug-likeness (QED) is 0.805. The highest BCUT2D eigenvalue weighted by atomic mass is 16.5. The van der Waals surface area contributed by atoms with Gasteiger partial charge in [-0.1, -0.05) is 6.07 Å². The second-order valence-corrected chi connectivity index (χ2v) is 6.73. The summed E-state index contributed by atoms with van der Waals surface area (Å²) >= 11 is 0. The minimum absolute atomic E-state index is 0.0216. The Hall–Kier alpha value is -2.12. The van der Waals surface area contributed by atoms with E-state index < -0.39 is 0 Å². The molecule has 1 saturated heterocycles. The van der Waals surface area contributed by atoms with Crippen LogP contribution in [0.25, 0.3) is 0 Å². The summed E-state index contributed by atoms with van der Waals surface area (Å²) in [4.78, 5) is 27.8. The van der Waals surface area contributed by atoms with Crippen molar-refractivity contribution < 1.29 is 19.4 Å². The molecule has 2 aliphatic rings. The van der Waals surface area contributed by atoms with Gasteiger partial charge in [0.15, 0.2) is 0 Å². The molecule has 7 heteroatoms. The van der Waals surface area contributed by atoms with Gasteiger partial charge in [-0.25, -0.2) is 0 Å². The second kappa shape index (κ2) is 7.84. The van der Waals surface area contributed by atoms with Crippen molar-refractivity contribution in [3.8, 4) is 5.75 Å². The fraction of sp³-hybridized carbons (Fsp3) is 0.556. The Bertz CT molecular complexity index is 641. The summed E-state index contributed by atoms with van der Waals surface area (Å²) < 4.78 is 5.74. The predicted octanol–water partition coefficient (Wildman–Crippen LogP) is 0.0972. The Morgan fingerprint density at radius 2 is 2.00 bits per heavy atom. The molecule has 2 aliphatic heterocycles. The van der Waals surface area contributed by atoms with E-state index in [1.54, 1.807) is 0 Å². The Labute approximate surface area is 147 Å². The third-order valence-electron chi connectivity index (χ3n) is 4.92. The summed E-state index contributed by atoms with van der Waals surface area (Å²) in [7, 11) is 0. The molecular weight excluding hydrogens is 322 g/mol. The van der Waals surface area contributed by atoms with Gasteiger partial charge in [-0.3, -0.25) is 14.5 Å². The van der Waals surface area contributed by atoms with Gasteiger partial charge in [0.05, 0.1) is 19.7 Å². The summed E-state index contributed by atoms with van der Waals surface area (Å²) in [6.07, 6.45) is 1.49. The van der Waals surface area contributed by atoms with Crippen molar-refractivity contribution >= 4 is 11.8 Å². The van der Waals surface area contributed by atoms with E-state index >= 15 is 0 Å². The maximum Gasteiger partial charge on any atom is 0.231 e. The van der Waals surface area contributed by atoms with Gasteiger partial charge in [0.2, 0.25) is 11.8 Å². The number of rotatable bonds is 4. The van der Waals surface area contributed by atoms with Crippen molar-refractivity contribution in [3.05, 3.63) is 29.3 Å². The standard InChI is InChI=1S/C18H25N3O4/c19-17(23)11-20-5-3-14(4-6-20)18(24)21-7-8-25-16-2-1-13(12-22)9-15(16)10-21/h1-2,9,14,22H,3-8,10-12H2,(H2,19,23). The van der Waals surface area contributed by atoms with E-state index in [1.165, 1.54) is 0 Å². The Kier molecular flexibility index (Phi) is 5.55. The molecule has 7 nitrogen and oxygen atoms in total. The molecule has 1 fully saturated rings. The van der Waals surface area contributed by atoms with Gasteiger partial charge in [0.1, 0.15) is 12.4 Å². The number of benzene rings is 1. The number of nitrogens with two attached hydrogens (primary N) is 1. The highest BCUT2D eigenvalue weighted by Gasteiger charge is 2.30. The Balaban J connectivity index is 1.63. The summed E-state index contributed by atoms with van der Waals surface area (Å²) in [5, 5.41) is 9.32. The molecule has 1 aromatic rings. The number of aliphatic hydroxyl groups excluding tert-OH is 1. The highest BCUT2D eigenvalue weighted by Crippen LogP contribution is 2.27. The minimum Gasteiger partial charge on any atom is -0.491 e. The smallest absolute Gasteiger partial charge is 0.231 e. The van der Waals surface area contributed by atoms with E-state index in [9.17, 15) is 14.7 Å². The lowest BCUT2D eigenvalue weighted by Crippen LogP contribution is -2.45. The van der Waals surface area contributed by atoms with Crippen molar-refractivity contribution in [3.63, 3.8) is 0 Å². The average Bonchev–Trinajstić information content (AvgIpc) is 2.82. The van der Waals surface area contributed by atoms with Crippen LogP contribution in [0.15, 0.2) is 18.2 Å². The van der Waals surface area contributed by atoms with Gasteiger partial charge in [0.25, 0.3) is 0 Å². The number of carbonyl (C=O) groups is 2. The zero-order valence-corrected chi connectivity index (χ0v) is 14.3. The average molecular weight is 347 g/mol. The summed E-state index contributed by atoms with van der Waals surface area (Å²) in [6, 6.07) is 5.60. The lowest BCUT2D eigenvalue weighted by atomic mass is 9.95. The molecule has 1 aromatic carbocycles. The summed E-state index contributed by atoms with van der Waals surface area (Å²) in [6.45, 7) is 3.20. The molecule has 0 aliphatic carbocycles. The maximum absolute atomic E-state index is 12.9. The van der Waals surface area contributed by atoms with E-state index in [1.807, 2.05) is 28.0 Å². The minimum atomic E-state index is -0.328. The molecule has 25 heavy (non-hydrogen) atoms. The van der Waals surface area contributed by atoms with Crippen LogP contribution in [0.2, 0.25) is 0 Å². The van der Waals surface area contributed by atoms with Gasteiger partial charge >= 0.3 is 0 Å². The van der Waals surface area contributed by atoms with E-state index in [4.69, 9.17) is 10.5 Å². The number of primary amides is 1. The second-order valence-electron chi connectivity index (χ2n) is 6.73. The van der Waals surface area contributed by atoms with Crippen LogP contribution in [0.4, 0.5) is 0 Å². The zero-order chi connectivity index (χ0) is 17.8. The van der Waals surface area contributed by atoms with Crippen LogP contribution in [-0.2, 0) is 22.7 Å². The number of piperidine rings is 1. The van der Waals surface area contributed by atoms with E-state index in [2.05, 4.69) is 0 Å². The molecule has 0 spiro atoms. The zero-order valence-electron chi connectivity index (χ0n) is 14.3. The first-order valence-corrected chi connectivity index (χ1v) is 8.71. The van der Waals surface area contributed by atoms with Crippen LogP contribution >= 0.6 is 0 Å². The number of ether oxygens (including phenoxy) is 1. The first-order chi connectivity index (χ1) is 12.1. The number of likely N-dealkylation sites (tertiary alicyclic amines) is 1. The normalized spacial score (nSPS) is 19.0. The number of carbonyl (C=O) groups excluding carboxylic acids is 2. The maximum atomic E-state index is 12.9. The lowest BCUT2D eigenvalue weighted by Gasteiger charge is -2.33. The van der Waals surface area contributed by atoms with Gasteiger partial charge in [-0.15, -0.1) is 0 Å². The van der Waals surface area contributed by atoms with E-state index in [-0.39, 0.29) is 30.9 Å². The highest BCUT2D eigenvalue weighted by molar-refractivity contribution is 5.79. The number of amides is 2. The number of aliphatic hydroxyl groups is 1. The summed E-state index contributed by atoms with van der Waals surface area (Å²) in [5.74, 6) is 0.575. The number of nitrogens with zero attached hydrogens (tertiary/aromatic N) is 2. The van der Waals surface area contributed by atoms with E-state index in [0.29, 0.717) is 19.7 Å². The molecule has 3 rings (SSSR count). The SMILES string of the molecule is NC(=O)CN1CCC(C(=O)N2CCOc3ccc(CO)cc3C2)CC1. The fourth-order valence-corrected chi connectivity index (χ4v) is 3.55. The van der Waals surface area contributed by atoms with Crippen LogP contribution in [0.3, 0.4) is 0 Å². The molecule has 0 radical (unpaired) electrons. The van der Waals surface area contributed by atoms with Crippen LogP contribution in [0, 0.1) is 5.92 Å². The predicted molar refractivity (Wildman–Crippen MR) is 91.6 cm³/mol. The molecule has 2 heterocycles. The molecule has 136 valence electrons. The van der Waals surface area contributed by atoms with Gasteiger partial charge in [-0.2, -0.15) is 0 Å². The van der Waals surface area contributed by atoms with Crippen LogP contribution in [-0.4, -0.2) is 59.5 Å². The first kappa shape index (κ1) is 17.7. The molecule has 0 aromatic heterocycles. The van der Waals surface area contributed by atoms with Gasteiger partial charge in [0, 0.05) is 18.0 Å². The monoisotopic (exact) mass is 347 g/mol. The first-order valence-electron chi connectivity index (χ1n) is 8.71. The molecule has 0 unspecified atom stereocenters. The molecule has 0 atom stereocenters. The third kappa shape index (κ3) is 4.29. The van der Waals surface area contributed by atoms with Crippen molar-refractivity contribution in [2.45, 2.75) is 26.0 Å². The topological polar surface area (TPSA) is 96.1 Å². The largest absolute Gasteiger partial charge is 0.491 e. The summed E-state index contributed by atoms with van der Waals surface area (Å²) in [5.41, 5.74) is 6.98. The Morgan fingerprint density at radius 1 is 1.24 bits per heavy atom. The van der Waals surface area contributed by atoms with Crippen molar-refractivity contribution in [2.24, 2.45) is 11.7 Å².